The second-order valence-corrected chi connectivity index (χ2v) is 3.21. The van der Waals surface area contributed by atoms with E-state index >= 15 is 0 Å². The van der Waals surface area contributed by atoms with E-state index in [1.165, 1.54) is 12.1 Å². The van der Waals surface area contributed by atoms with Crippen LogP contribution in [0.3, 0.4) is 0 Å². The van der Waals surface area contributed by atoms with Gasteiger partial charge in [-0.2, -0.15) is 13.2 Å². The summed E-state index contributed by atoms with van der Waals surface area (Å²) in [6.07, 6.45) is -3.75. The molecule has 0 aliphatic carbocycles. The Morgan fingerprint density at radius 2 is 1.61 bits per heavy atom. The molecule has 0 heterocycles. The minimum Gasteiger partial charge on any atom is -0.372 e. The molecule has 1 amide bonds. The van der Waals surface area contributed by atoms with Crippen molar-refractivity contribution in [3.63, 3.8) is 0 Å². The van der Waals surface area contributed by atoms with Crippen LogP contribution in [0.5, 0.6) is 0 Å². The molecule has 0 fully saturated rings. The molecule has 0 spiro atoms. The molecule has 1 aromatic rings. The molecule has 5 nitrogen and oxygen atoms in total. The summed E-state index contributed by atoms with van der Waals surface area (Å²) in [5.74, 6) is 0. The molecule has 0 bridgehead atoms. The van der Waals surface area contributed by atoms with Gasteiger partial charge in [0.1, 0.15) is 0 Å². The Bertz CT molecular complexity index is 362. The number of primary amides is 1. The van der Waals surface area contributed by atoms with Gasteiger partial charge in [-0.05, 0) is 12.1 Å². The molecule has 18 heavy (non-hydrogen) atoms. The quantitative estimate of drug-likeness (QED) is 0.359. The lowest BCUT2D eigenvalue weighted by molar-refractivity contribution is -0.384. The number of thiol groups is 1. The van der Waals surface area contributed by atoms with Gasteiger partial charge >= 0.3 is 6.18 Å². The SMILES string of the molecule is CC(F)(F)F.NC=O.O=[N+]([O-])c1ccc(S)cc1. The minimum absolute atomic E-state index is 0.0952. The van der Waals surface area contributed by atoms with Gasteiger partial charge in [-0.3, -0.25) is 14.9 Å². The van der Waals surface area contributed by atoms with E-state index in [9.17, 15) is 23.3 Å². The summed E-state index contributed by atoms with van der Waals surface area (Å²) in [4.78, 5) is 19.0. The Labute approximate surface area is 106 Å². The van der Waals surface area contributed by atoms with E-state index in [2.05, 4.69) is 18.4 Å². The molecule has 0 atom stereocenters. The second kappa shape index (κ2) is 9.28. The van der Waals surface area contributed by atoms with Crippen LogP contribution in [0.4, 0.5) is 18.9 Å². The van der Waals surface area contributed by atoms with E-state index in [4.69, 9.17) is 4.79 Å². The van der Waals surface area contributed by atoms with Crippen LogP contribution in [0.15, 0.2) is 29.2 Å². The number of carbonyl (C=O) groups excluding carboxylic acids is 1. The van der Waals surface area contributed by atoms with Crippen LogP contribution in [0.2, 0.25) is 0 Å². The minimum atomic E-state index is -4.00. The van der Waals surface area contributed by atoms with Gasteiger partial charge in [-0.15, -0.1) is 12.6 Å². The van der Waals surface area contributed by atoms with Gasteiger partial charge in [-0.25, -0.2) is 0 Å². The zero-order valence-electron chi connectivity index (χ0n) is 9.22. The summed E-state index contributed by atoms with van der Waals surface area (Å²) in [6, 6.07) is 6.01. The molecule has 0 unspecified atom stereocenters. The van der Waals surface area contributed by atoms with Gasteiger partial charge in [0.05, 0.1) is 4.92 Å². The number of nitrogens with two attached hydrogens (primary N) is 1. The molecule has 1 rings (SSSR count). The fraction of sp³-hybridized carbons (Fsp3) is 0.222. The third kappa shape index (κ3) is 16.7. The molecule has 1 aromatic carbocycles. The van der Waals surface area contributed by atoms with E-state index < -0.39 is 11.1 Å². The number of halogens is 3. The summed E-state index contributed by atoms with van der Waals surface area (Å²) in [5.41, 5.74) is 4.26. The number of hydrogen-bond acceptors (Lipinski definition) is 4. The highest BCUT2D eigenvalue weighted by atomic mass is 32.1. The van der Waals surface area contributed by atoms with Crippen molar-refractivity contribution in [3.8, 4) is 0 Å². The van der Waals surface area contributed by atoms with Crippen LogP contribution in [0.25, 0.3) is 0 Å². The molecule has 0 saturated carbocycles. The molecule has 0 saturated heterocycles. The Kier molecular flexibility index (Phi) is 9.58. The highest BCUT2D eigenvalue weighted by molar-refractivity contribution is 7.80. The predicted octanol–water partition coefficient (Wildman–Crippen LogP) is 2.55. The topological polar surface area (TPSA) is 86.2 Å². The number of non-ortho nitro benzene ring substituents is 1. The van der Waals surface area contributed by atoms with Crippen LogP contribution >= 0.6 is 12.6 Å². The van der Waals surface area contributed by atoms with Crippen molar-refractivity contribution in [3.05, 3.63) is 34.4 Å². The molecule has 0 aliphatic heterocycles. The van der Waals surface area contributed by atoms with E-state index in [0.717, 1.165) is 4.90 Å². The number of nitro benzene ring substituents is 1. The third-order valence-electron chi connectivity index (χ3n) is 1.06. The summed E-state index contributed by atoms with van der Waals surface area (Å²) < 4.78 is 31.1. The van der Waals surface area contributed by atoms with Crippen LogP contribution in [-0.4, -0.2) is 17.5 Å². The first-order valence-electron chi connectivity index (χ1n) is 4.27. The maximum atomic E-state index is 10.4. The smallest absolute Gasteiger partial charge is 0.372 e. The summed E-state index contributed by atoms with van der Waals surface area (Å²) in [5, 5.41) is 10.1. The number of carbonyl (C=O) groups is 1. The van der Waals surface area contributed by atoms with Crippen LogP contribution in [0.1, 0.15) is 6.92 Å². The van der Waals surface area contributed by atoms with Gasteiger partial charge < -0.3 is 5.73 Å². The van der Waals surface area contributed by atoms with Crippen molar-refractivity contribution in [1.82, 2.24) is 0 Å². The fourth-order valence-corrected chi connectivity index (χ4v) is 0.723. The molecule has 0 aliphatic rings. The Morgan fingerprint density at radius 3 is 1.83 bits per heavy atom. The number of amides is 1. The second-order valence-electron chi connectivity index (χ2n) is 2.69. The molecule has 9 heteroatoms. The molecular formula is C9H11F3N2O3S. The molecule has 0 radical (unpaired) electrons. The average molecular weight is 284 g/mol. The van der Waals surface area contributed by atoms with Gasteiger partial charge in [0.15, 0.2) is 0 Å². The van der Waals surface area contributed by atoms with Crippen LogP contribution < -0.4 is 5.73 Å². The average Bonchev–Trinajstić information content (AvgIpc) is 2.16. The summed E-state index contributed by atoms with van der Waals surface area (Å²) in [6.45, 7) is 0.188. The van der Waals surface area contributed by atoms with E-state index in [1.54, 1.807) is 12.1 Å². The summed E-state index contributed by atoms with van der Waals surface area (Å²) >= 11 is 3.98. The Balaban J connectivity index is 0. The lowest BCUT2D eigenvalue weighted by Crippen LogP contribution is -1.95. The maximum absolute atomic E-state index is 10.4. The van der Waals surface area contributed by atoms with Crippen molar-refractivity contribution >= 4 is 24.7 Å². The third-order valence-corrected chi connectivity index (χ3v) is 1.36. The standard InChI is InChI=1S/C6H5NO2S.C2H3F3.CH3NO/c8-7(9)5-1-3-6(10)4-2-5;1-2(3,4)5;2-1-3/h1-4,10H;1H3;1H,(H2,2,3). The monoisotopic (exact) mass is 284 g/mol. The summed E-state index contributed by atoms with van der Waals surface area (Å²) in [7, 11) is 0. The number of benzene rings is 1. The zero-order valence-corrected chi connectivity index (χ0v) is 10.1. The van der Waals surface area contributed by atoms with Gasteiger partial charge in [0, 0.05) is 24.0 Å². The maximum Gasteiger partial charge on any atom is 0.386 e. The van der Waals surface area contributed by atoms with Crippen LogP contribution in [-0.2, 0) is 4.79 Å². The highest BCUT2D eigenvalue weighted by Gasteiger charge is 2.15. The van der Waals surface area contributed by atoms with Crippen molar-refractivity contribution in [1.29, 1.82) is 0 Å². The molecule has 2 N–H and O–H groups in total. The Hall–Kier alpha value is -1.77. The number of alkyl halides is 3. The van der Waals surface area contributed by atoms with E-state index in [0.29, 0.717) is 0 Å². The largest absolute Gasteiger partial charge is 0.386 e. The molecule has 0 aromatic heterocycles. The lowest BCUT2D eigenvalue weighted by atomic mass is 10.3. The van der Waals surface area contributed by atoms with Gasteiger partial charge in [0.2, 0.25) is 6.41 Å². The number of hydrogen-bond donors (Lipinski definition) is 2. The lowest BCUT2D eigenvalue weighted by Gasteiger charge is -1.89. The number of nitrogens with zero attached hydrogens (tertiary/aromatic N) is 1. The van der Waals surface area contributed by atoms with Crippen molar-refractivity contribution in [2.24, 2.45) is 5.73 Å². The van der Waals surface area contributed by atoms with Crippen molar-refractivity contribution < 1.29 is 22.9 Å². The van der Waals surface area contributed by atoms with Gasteiger partial charge in [0.25, 0.3) is 5.69 Å². The Morgan fingerprint density at radius 1 is 1.33 bits per heavy atom. The first kappa shape index (κ1) is 18.6. The predicted molar refractivity (Wildman–Crippen MR) is 62.3 cm³/mol. The fourth-order valence-electron chi connectivity index (χ4n) is 0.574. The first-order chi connectivity index (χ1) is 8.11. The van der Waals surface area contributed by atoms with Crippen molar-refractivity contribution in [2.45, 2.75) is 18.0 Å². The number of rotatable bonds is 1. The van der Waals surface area contributed by atoms with Gasteiger partial charge in [-0.1, -0.05) is 0 Å². The van der Waals surface area contributed by atoms with Crippen LogP contribution in [0, 0.1) is 10.1 Å². The molecular weight excluding hydrogens is 273 g/mol. The first-order valence-corrected chi connectivity index (χ1v) is 4.72. The normalized spacial score (nSPS) is 9.17. The molecule has 102 valence electrons. The van der Waals surface area contributed by atoms with E-state index in [-0.39, 0.29) is 19.0 Å². The number of nitro groups is 1. The van der Waals surface area contributed by atoms with Crippen molar-refractivity contribution in [2.75, 3.05) is 0 Å². The van der Waals surface area contributed by atoms with E-state index in [1.807, 2.05) is 0 Å². The zero-order chi connectivity index (χ0) is 14.8. The highest BCUT2D eigenvalue weighted by Crippen LogP contribution is 2.13.